The Balaban J connectivity index is 1.31. The van der Waals surface area contributed by atoms with Crippen molar-refractivity contribution in [1.29, 1.82) is 0 Å². The molecule has 192 valence electrons. The van der Waals surface area contributed by atoms with E-state index in [0.29, 0.717) is 0 Å². The minimum atomic E-state index is 0.144. The topological polar surface area (TPSA) is 26.3 Å². The van der Waals surface area contributed by atoms with Gasteiger partial charge in [-0.25, -0.2) is 0 Å². The number of hydrogen-bond donors (Lipinski definition) is 0. The van der Waals surface area contributed by atoms with Crippen molar-refractivity contribution in [2.24, 2.45) is 35.5 Å². The van der Waals surface area contributed by atoms with Gasteiger partial charge in [-0.15, -0.1) is 0 Å². The molecule has 0 aliphatic heterocycles. The Kier molecular flexibility index (Phi) is 12.1. The monoisotopic (exact) mass is 460 g/mol. The second-order valence-corrected chi connectivity index (χ2v) is 12.4. The highest BCUT2D eigenvalue weighted by molar-refractivity contribution is 5.72. The number of ether oxygens (including phenoxy) is 1. The van der Waals surface area contributed by atoms with Crippen LogP contribution in [-0.2, 0) is 9.53 Å². The molecule has 0 amide bonds. The summed E-state index contributed by atoms with van der Waals surface area (Å²) in [5, 5.41) is 0. The van der Waals surface area contributed by atoms with E-state index >= 15 is 0 Å². The highest BCUT2D eigenvalue weighted by Crippen LogP contribution is 2.45. The zero-order valence-electron chi connectivity index (χ0n) is 22.5. The molecule has 2 nitrogen and oxygen atoms in total. The van der Waals surface area contributed by atoms with Crippen LogP contribution in [0.25, 0.3) is 0 Å². The second-order valence-electron chi connectivity index (χ2n) is 12.4. The molecule has 2 heteroatoms. The van der Waals surface area contributed by atoms with E-state index in [9.17, 15) is 4.79 Å². The average Bonchev–Trinajstić information content (AvgIpc) is 2.84. The van der Waals surface area contributed by atoms with Gasteiger partial charge in [0.25, 0.3) is 0 Å². The fraction of sp³-hybridized carbons (Fsp3) is 0.968. The molecule has 0 aromatic carbocycles. The Bertz CT molecular complexity index is 527. The van der Waals surface area contributed by atoms with Gasteiger partial charge in [-0.05, 0) is 93.8 Å². The van der Waals surface area contributed by atoms with Crippen molar-refractivity contribution in [2.45, 2.75) is 155 Å². The first kappa shape index (κ1) is 27.1. The van der Waals surface area contributed by atoms with Crippen LogP contribution in [0.1, 0.15) is 149 Å². The zero-order valence-corrected chi connectivity index (χ0v) is 22.5. The summed E-state index contributed by atoms with van der Waals surface area (Å²) in [5.41, 5.74) is 0. The second kappa shape index (κ2) is 14.8. The lowest BCUT2D eigenvalue weighted by Gasteiger charge is -2.41. The normalized spacial score (nSPS) is 35.3. The van der Waals surface area contributed by atoms with Crippen LogP contribution in [0, 0.1) is 35.5 Å². The van der Waals surface area contributed by atoms with E-state index in [0.717, 1.165) is 55.3 Å². The van der Waals surface area contributed by atoms with Crippen molar-refractivity contribution in [3.05, 3.63) is 0 Å². The van der Waals surface area contributed by atoms with Crippen molar-refractivity contribution >= 4 is 5.97 Å². The molecular weight excluding hydrogens is 404 g/mol. The van der Waals surface area contributed by atoms with Gasteiger partial charge in [0.05, 0.1) is 5.92 Å². The molecule has 3 saturated carbocycles. The van der Waals surface area contributed by atoms with Crippen LogP contribution in [-0.4, -0.2) is 12.1 Å². The molecule has 3 aliphatic carbocycles. The van der Waals surface area contributed by atoms with Gasteiger partial charge < -0.3 is 4.74 Å². The van der Waals surface area contributed by atoms with E-state index in [4.69, 9.17) is 4.74 Å². The molecule has 3 rings (SSSR count). The first-order valence-corrected chi connectivity index (χ1v) is 15.3. The number of carbonyl (C=O) groups is 1. The Labute approximate surface area is 206 Å². The van der Waals surface area contributed by atoms with E-state index in [-0.39, 0.29) is 18.0 Å². The van der Waals surface area contributed by atoms with Crippen molar-refractivity contribution in [3.8, 4) is 0 Å². The number of unbranched alkanes of at least 4 members (excludes halogenated alkanes) is 5. The SMILES string of the molecule is CCCCCCC[C@H]1CC[C@@H]([C@H]2CC[C@H](C(=O)OC3CCC(CCCC)CC3)CC2)[C@H](C)C1. The van der Waals surface area contributed by atoms with Crippen LogP contribution < -0.4 is 0 Å². The Morgan fingerprint density at radius 2 is 1.33 bits per heavy atom. The smallest absolute Gasteiger partial charge is 0.309 e. The van der Waals surface area contributed by atoms with E-state index in [1.54, 1.807) is 0 Å². The van der Waals surface area contributed by atoms with Crippen LogP contribution in [0.5, 0.6) is 0 Å². The molecule has 0 unspecified atom stereocenters. The van der Waals surface area contributed by atoms with Crippen LogP contribution in [0.4, 0.5) is 0 Å². The maximum Gasteiger partial charge on any atom is 0.309 e. The summed E-state index contributed by atoms with van der Waals surface area (Å²) in [6.45, 7) is 7.12. The molecule has 0 aromatic heterocycles. The Morgan fingerprint density at radius 1 is 0.697 bits per heavy atom. The van der Waals surface area contributed by atoms with Crippen LogP contribution >= 0.6 is 0 Å². The third kappa shape index (κ3) is 8.88. The molecule has 0 bridgehead atoms. The summed E-state index contributed by atoms with van der Waals surface area (Å²) in [6, 6.07) is 0. The third-order valence-corrected chi connectivity index (χ3v) is 9.81. The quantitative estimate of drug-likeness (QED) is 0.214. The predicted molar refractivity (Wildman–Crippen MR) is 140 cm³/mol. The van der Waals surface area contributed by atoms with Crippen LogP contribution in [0.3, 0.4) is 0 Å². The largest absolute Gasteiger partial charge is 0.462 e. The van der Waals surface area contributed by atoms with Gasteiger partial charge >= 0.3 is 5.97 Å². The van der Waals surface area contributed by atoms with E-state index < -0.39 is 0 Å². The lowest BCUT2D eigenvalue weighted by atomic mass is 9.64. The standard InChI is InChI=1S/C31H56O2/c1-4-6-8-9-10-12-26-15-22-30(24(3)23-26)27-16-18-28(19-17-27)31(32)33-29-20-13-25(14-21-29)11-7-5-2/h24-30H,4-23H2,1-3H3/t24-,25?,26+,27-,28-,29?,30-/m1/s1. The van der Waals surface area contributed by atoms with Gasteiger partial charge in [-0.2, -0.15) is 0 Å². The fourth-order valence-corrected chi connectivity index (χ4v) is 7.60. The molecule has 3 atom stereocenters. The lowest BCUT2D eigenvalue weighted by Crippen LogP contribution is -2.34. The molecular formula is C31H56O2. The first-order valence-electron chi connectivity index (χ1n) is 15.3. The summed E-state index contributed by atoms with van der Waals surface area (Å²) in [5.74, 6) is 4.87. The van der Waals surface area contributed by atoms with Gasteiger partial charge in [-0.1, -0.05) is 85.0 Å². The van der Waals surface area contributed by atoms with Crippen molar-refractivity contribution < 1.29 is 9.53 Å². The molecule has 3 fully saturated rings. The number of carbonyl (C=O) groups excluding carboxylic acids is 1. The Morgan fingerprint density at radius 3 is 2.00 bits per heavy atom. The van der Waals surface area contributed by atoms with Gasteiger partial charge in [-0.3, -0.25) is 4.79 Å². The Hall–Kier alpha value is -0.530. The minimum Gasteiger partial charge on any atom is -0.462 e. The molecule has 0 heterocycles. The zero-order chi connectivity index (χ0) is 23.5. The highest BCUT2D eigenvalue weighted by Gasteiger charge is 2.37. The molecule has 0 radical (unpaired) electrons. The van der Waals surface area contributed by atoms with Crippen molar-refractivity contribution in [1.82, 2.24) is 0 Å². The van der Waals surface area contributed by atoms with Crippen LogP contribution in [0.15, 0.2) is 0 Å². The summed E-state index contributed by atoms with van der Waals surface area (Å²) in [4.78, 5) is 12.9. The van der Waals surface area contributed by atoms with Gasteiger partial charge in [0.2, 0.25) is 0 Å². The average molecular weight is 461 g/mol. The van der Waals surface area contributed by atoms with E-state index in [1.807, 2.05) is 0 Å². The predicted octanol–water partition coefficient (Wildman–Crippen LogP) is 9.50. The van der Waals surface area contributed by atoms with E-state index in [1.165, 1.54) is 103 Å². The summed E-state index contributed by atoms with van der Waals surface area (Å²) in [7, 11) is 0. The van der Waals surface area contributed by atoms with Crippen molar-refractivity contribution in [3.63, 3.8) is 0 Å². The van der Waals surface area contributed by atoms with Crippen molar-refractivity contribution in [2.75, 3.05) is 0 Å². The lowest BCUT2D eigenvalue weighted by molar-refractivity contribution is -0.157. The van der Waals surface area contributed by atoms with E-state index in [2.05, 4.69) is 20.8 Å². The first-order chi connectivity index (χ1) is 16.1. The van der Waals surface area contributed by atoms with Gasteiger partial charge in [0.15, 0.2) is 0 Å². The molecule has 0 N–H and O–H groups in total. The molecule has 33 heavy (non-hydrogen) atoms. The minimum absolute atomic E-state index is 0.144. The molecule has 0 saturated heterocycles. The third-order valence-electron chi connectivity index (χ3n) is 9.81. The highest BCUT2D eigenvalue weighted by atomic mass is 16.5. The summed E-state index contributed by atoms with van der Waals surface area (Å²) < 4.78 is 6.02. The fourth-order valence-electron chi connectivity index (χ4n) is 7.60. The maximum atomic E-state index is 12.9. The molecule has 0 aromatic rings. The molecule has 0 spiro atoms. The number of hydrogen-bond acceptors (Lipinski definition) is 2. The van der Waals surface area contributed by atoms with Gasteiger partial charge in [0.1, 0.15) is 6.10 Å². The summed E-state index contributed by atoms with van der Waals surface area (Å²) in [6.07, 6.45) is 26.6. The maximum absolute atomic E-state index is 12.9. The van der Waals surface area contributed by atoms with Gasteiger partial charge in [0, 0.05) is 0 Å². The summed E-state index contributed by atoms with van der Waals surface area (Å²) >= 11 is 0. The number of esters is 1. The molecule has 3 aliphatic rings. The van der Waals surface area contributed by atoms with Crippen LogP contribution in [0.2, 0.25) is 0 Å². The number of rotatable bonds is 12.